The van der Waals surface area contributed by atoms with E-state index in [1.165, 1.54) is 12.1 Å². The summed E-state index contributed by atoms with van der Waals surface area (Å²) in [6.07, 6.45) is 1.60. The SMILES string of the molecule is CCC(N)Cc1cc(-c2ccc(F)cc2)on1. The van der Waals surface area contributed by atoms with Gasteiger partial charge >= 0.3 is 0 Å². The first-order valence-corrected chi connectivity index (χ1v) is 5.66. The maximum absolute atomic E-state index is 12.8. The number of halogens is 1. The van der Waals surface area contributed by atoms with E-state index in [1.54, 1.807) is 12.1 Å². The average molecular weight is 234 g/mol. The van der Waals surface area contributed by atoms with Crippen molar-refractivity contribution in [3.8, 4) is 11.3 Å². The van der Waals surface area contributed by atoms with Crippen molar-refractivity contribution >= 4 is 0 Å². The minimum atomic E-state index is -0.263. The highest BCUT2D eigenvalue weighted by Crippen LogP contribution is 2.21. The van der Waals surface area contributed by atoms with Crippen molar-refractivity contribution in [2.75, 3.05) is 0 Å². The van der Waals surface area contributed by atoms with Crippen LogP contribution in [0.2, 0.25) is 0 Å². The topological polar surface area (TPSA) is 52.0 Å². The quantitative estimate of drug-likeness (QED) is 0.885. The predicted octanol–water partition coefficient (Wildman–Crippen LogP) is 2.76. The molecule has 0 aliphatic rings. The molecule has 1 unspecified atom stereocenters. The molecule has 2 N–H and O–H groups in total. The van der Waals surface area contributed by atoms with Gasteiger partial charge in [0.25, 0.3) is 0 Å². The van der Waals surface area contributed by atoms with Crippen molar-refractivity contribution in [2.24, 2.45) is 5.73 Å². The van der Waals surface area contributed by atoms with Crippen LogP contribution in [0.1, 0.15) is 19.0 Å². The molecule has 1 atom stereocenters. The highest BCUT2D eigenvalue weighted by molar-refractivity contribution is 5.57. The van der Waals surface area contributed by atoms with Gasteiger partial charge in [0.15, 0.2) is 5.76 Å². The van der Waals surface area contributed by atoms with Crippen LogP contribution in [0.3, 0.4) is 0 Å². The Morgan fingerprint density at radius 1 is 1.35 bits per heavy atom. The predicted molar refractivity (Wildman–Crippen MR) is 63.9 cm³/mol. The molecule has 0 spiro atoms. The molecule has 0 fully saturated rings. The summed E-state index contributed by atoms with van der Waals surface area (Å²) in [5, 5.41) is 3.95. The van der Waals surface area contributed by atoms with E-state index in [-0.39, 0.29) is 11.9 Å². The maximum Gasteiger partial charge on any atom is 0.167 e. The Morgan fingerprint density at radius 3 is 2.71 bits per heavy atom. The monoisotopic (exact) mass is 234 g/mol. The lowest BCUT2D eigenvalue weighted by Gasteiger charge is -2.03. The molecule has 3 nitrogen and oxygen atoms in total. The van der Waals surface area contributed by atoms with Crippen LogP contribution in [0.5, 0.6) is 0 Å². The van der Waals surface area contributed by atoms with Gasteiger partial charge in [-0.15, -0.1) is 0 Å². The van der Waals surface area contributed by atoms with E-state index in [0.717, 1.165) is 17.7 Å². The molecule has 90 valence electrons. The molecule has 0 saturated carbocycles. The molecule has 2 aromatic rings. The van der Waals surface area contributed by atoms with Crippen molar-refractivity contribution in [3.05, 3.63) is 41.8 Å². The van der Waals surface area contributed by atoms with E-state index in [4.69, 9.17) is 10.3 Å². The van der Waals surface area contributed by atoms with Crippen LogP contribution in [-0.4, -0.2) is 11.2 Å². The number of aromatic nitrogens is 1. The van der Waals surface area contributed by atoms with Crippen molar-refractivity contribution in [1.82, 2.24) is 5.16 Å². The van der Waals surface area contributed by atoms with Gasteiger partial charge in [-0.2, -0.15) is 0 Å². The lowest BCUT2D eigenvalue weighted by atomic mass is 10.1. The first kappa shape index (κ1) is 11.8. The molecule has 1 aromatic heterocycles. The van der Waals surface area contributed by atoms with Gasteiger partial charge in [-0.1, -0.05) is 12.1 Å². The second-order valence-electron chi connectivity index (χ2n) is 4.06. The van der Waals surface area contributed by atoms with Gasteiger partial charge in [-0.05, 0) is 30.7 Å². The fraction of sp³-hybridized carbons (Fsp3) is 0.308. The van der Waals surface area contributed by atoms with Crippen LogP contribution in [0, 0.1) is 5.82 Å². The summed E-state index contributed by atoms with van der Waals surface area (Å²) in [5.74, 6) is 0.379. The minimum Gasteiger partial charge on any atom is -0.356 e. The minimum absolute atomic E-state index is 0.0983. The summed E-state index contributed by atoms with van der Waals surface area (Å²) in [6.45, 7) is 2.03. The lowest BCUT2D eigenvalue weighted by Crippen LogP contribution is -2.21. The van der Waals surface area contributed by atoms with Gasteiger partial charge in [0.2, 0.25) is 0 Å². The van der Waals surface area contributed by atoms with Gasteiger partial charge in [-0.25, -0.2) is 4.39 Å². The third-order valence-electron chi connectivity index (χ3n) is 2.68. The highest BCUT2D eigenvalue weighted by Gasteiger charge is 2.09. The molecule has 0 bridgehead atoms. The van der Waals surface area contributed by atoms with Crippen LogP contribution in [0.4, 0.5) is 4.39 Å². The molecule has 0 amide bonds. The standard InChI is InChI=1S/C13H15FN2O/c1-2-11(15)7-12-8-13(17-16-12)9-3-5-10(14)6-4-9/h3-6,8,11H,2,7,15H2,1H3. The zero-order valence-electron chi connectivity index (χ0n) is 9.69. The Labute approximate surface area is 99.4 Å². The van der Waals surface area contributed by atoms with E-state index in [2.05, 4.69) is 5.16 Å². The summed E-state index contributed by atoms with van der Waals surface area (Å²) < 4.78 is 18.0. The molecule has 1 aromatic carbocycles. The van der Waals surface area contributed by atoms with Crippen LogP contribution < -0.4 is 5.73 Å². The zero-order chi connectivity index (χ0) is 12.3. The molecule has 0 radical (unpaired) electrons. The number of benzene rings is 1. The summed E-state index contributed by atoms with van der Waals surface area (Å²) in [4.78, 5) is 0. The zero-order valence-corrected chi connectivity index (χ0v) is 9.69. The van der Waals surface area contributed by atoms with Gasteiger partial charge in [0.05, 0.1) is 5.69 Å². The van der Waals surface area contributed by atoms with E-state index >= 15 is 0 Å². The van der Waals surface area contributed by atoms with Crippen molar-refractivity contribution in [3.63, 3.8) is 0 Å². The lowest BCUT2D eigenvalue weighted by molar-refractivity contribution is 0.419. The number of rotatable bonds is 4. The molecule has 0 aliphatic carbocycles. The Hall–Kier alpha value is -1.68. The number of nitrogens with two attached hydrogens (primary N) is 1. The van der Waals surface area contributed by atoms with Crippen molar-refractivity contribution in [2.45, 2.75) is 25.8 Å². The Kier molecular flexibility index (Phi) is 3.54. The first-order valence-electron chi connectivity index (χ1n) is 5.66. The van der Waals surface area contributed by atoms with Crippen LogP contribution in [0.15, 0.2) is 34.9 Å². The maximum atomic E-state index is 12.8. The summed E-state index contributed by atoms with van der Waals surface area (Å²) >= 11 is 0. The third kappa shape index (κ3) is 2.91. The molecule has 1 heterocycles. The Bertz CT molecular complexity index is 478. The second-order valence-corrected chi connectivity index (χ2v) is 4.06. The van der Waals surface area contributed by atoms with Gasteiger partial charge in [0.1, 0.15) is 5.82 Å². The smallest absolute Gasteiger partial charge is 0.167 e. The fourth-order valence-corrected chi connectivity index (χ4v) is 1.57. The molecular weight excluding hydrogens is 219 g/mol. The van der Waals surface area contributed by atoms with Gasteiger partial charge < -0.3 is 10.3 Å². The van der Waals surface area contributed by atoms with Crippen LogP contribution in [0.25, 0.3) is 11.3 Å². The third-order valence-corrected chi connectivity index (χ3v) is 2.68. The normalized spacial score (nSPS) is 12.6. The number of hydrogen-bond donors (Lipinski definition) is 1. The van der Waals surface area contributed by atoms with E-state index in [1.807, 2.05) is 13.0 Å². The molecule has 2 rings (SSSR count). The van der Waals surface area contributed by atoms with Crippen molar-refractivity contribution in [1.29, 1.82) is 0 Å². The summed E-state index contributed by atoms with van der Waals surface area (Å²) in [6, 6.07) is 8.08. The Morgan fingerprint density at radius 2 is 2.06 bits per heavy atom. The molecule has 0 aliphatic heterocycles. The van der Waals surface area contributed by atoms with Gasteiger partial charge in [-0.3, -0.25) is 0 Å². The molecule has 0 saturated heterocycles. The Balaban J connectivity index is 2.15. The number of hydrogen-bond acceptors (Lipinski definition) is 3. The van der Waals surface area contributed by atoms with E-state index in [9.17, 15) is 4.39 Å². The van der Waals surface area contributed by atoms with Crippen LogP contribution >= 0.6 is 0 Å². The van der Waals surface area contributed by atoms with Crippen molar-refractivity contribution < 1.29 is 8.91 Å². The highest BCUT2D eigenvalue weighted by atomic mass is 19.1. The molecule has 4 heteroatoms. The average Bonchev–Trinajstić information content (AvgIpc) is 2.78. The number of nitrogens with zero attached hydrogens (tertiary/aromatic N) is 1. The summed E-state index contributed by atoms with van der Waals surface area (Å²) in [7, 11) is 0. The largest absolute Gasteiger partial charge is 0.356 e. The van der Waals surface area contributed by atoms with Gasteiger partial charge in [0, 0.05) is 24.1 Å². The second kappa shape index (κ2) is 5.10. The van der Waals surface area contributed by atoms with E-state index < -0.39 is 0 Å². The summed E-state index contributed by atoms with van der Waals surface area (Å²) in [5.41, 5.74) is 7.49. The van der Waals surface area contributed by atoms with E-state index in [0.29, 0.717) is 12.2 Å². The first-order chi connectivity index (χ1) is 8.19. The van der Waals surface area contributed by atoms with Crippen LogP contribution in [-0.2, 0) is 6.42 Å². The fourth-order valence-electron chi connectivity index (χ4n) is 1.57. The molecular formula is C13H15FN2O. The molecule has 17 heavy (non-hydrogen) atoms.